The normalized spacial score (nSPS) is 12.3. The summed E-state index contributed by atoms with van der Waals surface area (Å²) < 4.78 is 1.53. The van der Waals surface area contributed by atoms with E-state index in [2.05, 4.69) is 15.7 Å². The molecule has 8 nitrogen and oxygen atoms in total. The third kappa shape index (κ3) is 4.93. The van der Waals surface area contributed by atoms with Crippen LogP contribution in [0.1, 0.15) is 54.2 Å². The summed E-state index contributed by atoms with van der Waals surface area (Å²) in [4.78, 5) is 35.3. The van der Waals surface area contributed by atoms with Crippen LogP contribution in [-0.4, -0.2) is 38.7 Å². The molecular weight excluding hydrogens is 348 g/mol. The Balaban J connectivity index is 2.08. The van der Waals surface area contributed by atoms with Gasteiger partial charge in [-0.3, -0.25) is 19.1 Å². The number of aliphatic carboxylic acids is 1. The molecular formula is C19H24N4O4. The topological polar surface area (TPSA) is 113 Å². The second-order valence-electron chi connectivity index (χ2n) is 7.35. The zero-order valence-electron chi connectivity index (χ0n) is 16.0. The fourth-order valence-corrected chi connectivity index (χ4v) is 2.29. The summed E-state index contributed by atoms with van der Waals surface area (Å²) in [5.41, 5.74) is 1.89. The van der Waals surface area contributed by atoms with Gasteiger partial charge in [-0.1, -0.05) is 20.8 Å². The van der Waals surface area contributed by atoms with Crippen molar-refractivity contribution in [2.45, 2.75) is 39.2 Å². The Hall–Kier alpha value is -3.16. The summed E-state index contributed by atoms with van der Waals surface area (Å²) in [5, 5.41) is 18.3. The van der Waals surface area contributed by atoms with Crippen LogP contribution in [0.4, 0.5) is 5.69 Å². The Morgan fingerprint density at radius 3 is 2.19 bits per heavy atom. The monoisotopic (exact) mass is 372 g/mol. The van der Waals surface area contributed by atoms with Gasteiger partial charge in [0, 0.05) is 23.7 Å². The maximum absolute atomic E-state index is 12.5. The molecule has 27 heavy (non-hydrogen) atoms. The summed E-state index contributed by atoms with van der Waals surface area (Å²) in [6.45, 7) is 7.44. The fraction of sp³-hybridized carbons (Fsp3) is 0.368. The van der Waals surface area contributed by atoms with Crippen molar-refractivity contribution in [3.05, 3.63) is 47.3 Å². The zero-order valence-corrected chi connectivity index (χ0v) is 16.0. The van der Waals surface area contributed by atoms with E-state index in [1.54, 1.807) is 25.2 Å². The number of rotatable bonds is 5. The van der Waals surface area contributed by atoms with Gasteiger partial charge in [0.15, 0.2) is 0 Å². The van der Waals surface area contributed by atoms with Gasteiger partial charge in [-0.25, -0.2) is 0 Å². The van der Waals surface area contributed by atoms with Gasteiger partial charge in [0.1, 0.15) is 11.7 Å². The molecule has 0 aliphatic carbocycles. The maximum atomic E-state index is 12.5. The number of carbonyl (C=O) groups is 3. The predicted octanol–water partition coefficient (Wildman–Crippen LogP) is 2.17. The first-order valence-electron chi connectivity index (χ1n) is 8.48. The van der Waals surface area contributed by atoms with Gasteiger partial charge in [-0.15, -0.1) is 0 Å². The Morgan fingerprint density at radius 2 is 1.70 bits per heavy atom. The number of anilines is 1. The summed E-state index contributed by atoms with van der Waals surface area (Å²) >= 11 is 0. The molecule has 0 fully saturated rings. The smallest absolute Gasteiger partial charge is 0.325 e. The third-order valence-corrected chi connectivity index (χ3v) is 4.00. The van der Waals surface area contributed by atoms with Crippen LogP contribution >= 0.6 is 0 Å². The van der Waals surface area contributed by atoms with E-state index in [0.29, 0.717) is 16.9 Å². The third-order valence-electron chi connectivity index (χ3n) is 4.00. The SMILES string of the molecule is CC(NC(=O)c1ccc(NC(=O)c2cc(C(C)(C)C)nn2C)cc1)C(=O)O. The highest BCUT2D eigenvalue weighted by Crippen LogP contribution is 2.22. The molecule has 0 radical (unpaired) electrons. The minimum Gasteiger partial charge on any atom is -0.480 e. The minimum absolute atomic E-state index is 0.168. The van der Waals surface area contributed by atoms with Gasteiger partial charge in [0.2, 0.25) is 0 Å². The van der Waals surface area contributed by atoms with Crippen molar-refractivity contribution in [3.8, 4) is 0 Å². The molecule has 1 aromatic heterocycles. The Morgan fingerprint density at radius 1 is 1.11 bits per heavy atom. The number of amides is 2. The van der Waals surface area contributed by atoms with E-state index < -0.39 is 17.9 Å². The Kier molecular flexibility index (Phi) is 5.68. The van der Waals surface area contributed by atoms with Crippen LogP contribution in [0.25, 0.3) is 0 Å². The summed E-state index contributed by atoms with van der Waals surface area (Å²) in [6.07, 6.45) is 0. The van der Waals surface area contributed by atoms with Crippen molar-refractivity contribution >= 4 is 23.5 Å². The van der Waals surface area contributed by atoms with E-state index in [9.17, 15) is 14.4 Å². The van der Waals surface area contributed by atoms with Crippen molar-refractivity contribution in [2.24, 2.45) is 7.05 Å². The number of carbonyl (C=O) groups excluding carboxylic acids is 2. The van der Waals surface area contributed by atoms with Crippen molar-refractivity contribution in [1.82, 2.24) is 15.1 Å². The van der Waals surface area contributed by atoms with Crippen LogP contribution < -0.4 is 10.6 Å². The van der Waals surface area contributed by atoms with Crippen molar-refractivity contribution in [3.63, 3.8) is 0 Å². The lowest BCUT2D eigenvalue weighted by Gasteiger charge is -2.13. The molecule has 2 amide bonds. The van der Waals surface area contributed by atoms with E-state index in [4.69, 9.17) is 5.11 Å². The minimum atomic E-state index is -1.11. The number of carboxylic acid groups (broad SMARTS) is 1. The first-order valence-corrected chi connectivity index (χ1v) is 8.48. The molecule has 2 rings (SSSR count). The van der Waals surface area contributed by atoms with Crippen molar-refractivity contribution in [2.75, 3.05) is 5.32 Å². The molecule has 1 unspecified atom stereocenters. The number of benzene rings is 1. The second-order valence-corrected chi connectivity index (χ2v) is 7.35. The number of carboxylic acids is 1. The molecule has 0 saturated carbocycles. The standard InChI is InChI=1S/C19H24N4O4/c1-11(18(26)27)20-16(24)12-6-8-13(9-7-12)21-17(25)14-10-15(19(2,3)4)22-23(14)5/h6-11H,1-5H3,(H,20,24)(H,21,25)(H,26,27). The first-order chi connectivity index (χ1) is 12.5. The van der Waals surface area contributed by atoms with E-state index in [0.717, 1.165) is 5.69 Å². The van der Waals surface area contributed by atoms with Crippen molar-refractivity contribution in [1.29, 1.82) is 0 Å². The van der Waals surface area contributed by atoms with Gasteiger partial charge < -0.3 is 15.7 Å². The maximum Gasteiger partial charge on any atom is 0.325 e. The molecule has 1 aromatic carbocycles. The van der Waals surface area contributed by atoms with Crippen LogP contribution in [0.5, 0.6) is 0 Å². The molecule has 0 aliphatic heterocycles. The second kappa shape index (κ2) is 7.61. The van der Waals surface area contributed by atoms with Crippen LogP contribution in [0.3, 0.4) is 0 Å². The number of hydrogen-bond donors (Lipinski definition) is 3. The van der Waals surface area contributed by atoms with E-state index >= 15 is 0 Å². The van der Waals surface area contributed by atoms with Gasteiger partial charge in [0.05, 0.1) is 5.69 Å². The largest absolute Gasteiger partial charge is 0.480 e. The number of aromatic nitrogens is 2. The van der Waals surface area contributed by atoms with E-state index in [1.807, 2.05) is 20.8 Å². The lowest BCUT2D eigenvalue weighted by atomic mass is 9.92. The summed E-state index contributed by atoms with van der Waals surface area (Å²) in [7, 11) is 1.71. The number of nitrogens with one attached hydrogen (secondary N) is 2. The average Bonchev–Trinajstić information content (AvgIpc) is 2.97. The fourth-order valence-electron chi connectivity index (χ4n) is 2.29. The van der Waals surface area contributed by atoms with Crippen LogP contribution in [0, 0.1) is 0 Å². The molecule has 0 aliphatic rings. The molecule has 2 aromatic rings. The highest BCUT2D eigenvalue weighted by Gasteiger charge is 2.22. The van der Waals surface area contributed by atoms with Crippen LogP contribution in [0.2, 0.25) is 0 Å². The van der Waals surface area contributed by atoms with Gasteiger partial charge >= 0.3 is 5.97 Å². The molecule has 144 valence electrons. The van der Waals surface area contributed by atoms with Crippen molar-refractivity contribution < 1.29 is 19.5 Å². The predicted molar refractivity (Wildman–Crippen MR) is 101 cm³/mol. The average molecular weight is 372 g/mol. The molecule has 3 N–H and O–H groups in total. The molecule has 0 saturated heterocycles. The molecule has 0 spiro atoms. The van der Waals surface area contributed by atoms with E-state index in [1.165, 1.54) is 23.7 Å². The van der Waals surface area contributed by atoms with Crippen LogP contribution in [0.15, 0.2) is 30.3 Å². The lowest BCUT2D eigenvalue weighted by Crippen LogP contribution is -2.38. The van der Waals surface area contributed by atoms with Gasteiger partial charge in [-0.2, -0.15) is 5.10 Å². The number of aryl methyl sites for hydroxylation is 1. The first kappa shape index (κ1) is 20.2. The molecule has 0 bridgehead atoms. The van der Waals surface area contributed by atoms with E-state index in [-0.39, 0.29) is 11.3 Å². The zero-order chi connectivity index (χ0) is 20.4. The molecule has 1 heterocycles. The van der Waals surface area contributed by atoms with Crippen LogP contribution in [-0.2, 0) is 17.3 Å². The quantitative estimate of drug-likeness (QED) is 0.744. The highest BCUT2D eigenvalue weighted by molar-refractivity contribution is 6.03. The number of hydrogen-bond acceptors (Lipinski definition) is 4. The lowest BCUT2D eigenvalue weighted by molar-refractivity contribution is -0.138. The Bertz CT molecular complexity index is 863. The van der Waals surface area contributed by atoms with Gasteiger partial charge in [-0.05, 0) is 37.3 Å². The number of nitrogens with zero attached hydrogens (tertiary/aromatic N) is 2. The summed E-state index contributed by atoms with van der Waals surface area (Å²) in [6, 6.07) is 6.97. The molecule has 8 heteroatoms. The Labute approximate surface area is 157 Å². The molecule has 1 atom stereocenters. The highest BCUT2D eigenvalue weighted by atomic mass is 16.4. The van der Waals surface area contributed by atoms with Gasteiger partial charge in [0.25, 0.3) is 11.8 Å². The summed E-state index contributed by atoms with van der Waals surface area (Å²) in [5.74, 6) is -1.92.